The molecule has 5 nitrogen and oxygen atoms in total. The van der Waals surface area contributed by atoms with Crippen molar-refractivity contribution in [2.24, 2.45) is 0 Å². The third-order valence-electron chi connectivity index (χ3n) is 2.60. The van der Waals surface area contributed by atoms with E-state index >= 15 is 0 Å². The fraction of sp³-hybridized carbons (Fsp3) is 0.0714. The van der Waals surface area contributed by atoms with E-state index in [9.17, 15) is 9.59 Å². The van der Waals surface area contributed by atoms with Crippen molar-refractivity contribution in [1.29, 1.82) is 0 Å². The number of carbonyl (C=O) groups is 2. The van der Waals surface area contributed by atoms with Gasteiger partial charge in [-0.05, 0) is 42.7 Å². The molecule has 1 aromatic heterocycles. The molecular weight excluding hydrogens is 276 g/mol. The van der Waals surface area contributed by atoms with Crippen LogP contribution in [0.2, 0.25) is 0 Å². The fourth-order valence-corrected chi connectivity index (χ4v) is 1.97. The molecule has 0 atom stereocenters. The molecule has 0 saturated carbocycles. The lowest BCUT2D eigenvalue weighted by Gasteiger charge is -2.05. The van der Waals surface area contributed by atoms with Gasteiger partial charge in [-0.25, -0.2) is 9.78 Å². The van der Waals surface area contributed by atoms with Gasteiger partial charge in [0.1, 0.15) is 5.82 Å². The summed E-state index contributed by atoms with van der Waals surface area (Å²) in [5, 5.41) is 11.4. The van der Waals surface area contributed by atoms with Crippen molar-refractivity contribution >= 4 is 29.5 Å². The van der Waals surface area contributed by atoms with Crippen molar-refractivity contribution in [2.45, 2.75) is 4.90 Å². The molecule has 0 aliphatic rings. The Balaban J connectivity index is 2.14. The van der Waals surface area contributed by atoms with Gasteiger partial charge in [-0.1, -0.05) is 0 Å². The largest absolute Gasteiger partial charge is 0.478 e. The van der Waals surface area contributed by atoms with Gasteiger partial charge in [0.25, 0.3) is 5.91 Å². The number of hydrogen-bond acceptors (Lipinski definition) is 4. The standard InChI is InChI=1S/C14H12N2O3S/c1-20-11-4-2-9(3-5-11)13(17)16-12-8-10(14(18)19)6-7-15-12/h2-8H,1H3,(H,18,19)(H,15,16,17). The molecule has 2 aromatic rings. The minimum Gasteiger partial charge on any atom is -0.478 e. The summed E-state index contributed by atoms with van der Waals surface area (Å²) in [5.41, 5.74) is 0.568. The number of rotatable bonds is 4. The first-order valence-electron chi connectivity index (χ1n) is 5.75. The Kier molecular flexibility index (Phi) is 4.37. The molecule has 0 aliphatic heterocycles. The SMILES string of the molecule is CSc1ccc(C(=O)Nc2cc(C(=O)O)ccn2)cc1. The number of aromatic carboxylic acids is 1. The molecule has 20 heavy (non-hydrogen) atoms. The van der Waals surface area contributed by atoms with Gasteiger partial charge in [-0.3, -0.25) is 4.79 Å². The number of carboxylic acid groups (broad SMARTS) is 1. The fourth-order valence-electron chi connectivity index (χ4n) is 1.56. The predicted octanol–water partition coefficient (Wildman–Crippen LogP) is 2.75. The Labute approximate surface area is 120 Å². The van der Waals surface area contributed by atoms with Crippen LogP contribution in [0.1, 0.15) is 20.7 Å². The molecule has 1 aromatic carbocycles. The zero-order valence-electron chi connectivity index (χ0n) is 10.7. The molecule has 6 heteroatoms. The number of nitrogens with one attached hydrogen (secondary N) is 1. The average Bonchev–Trinajstić information content (AvgIpc) is 2.47. The predicted molar refractivity (Wildman–Crippen MR) is 77.4 cm³/mol. The number of benzene rings is 1. The number of nitrogens with zero attached hydrogens (tertiary/aromatic N) is 1. The summed E-state index contributed by atoms with van der Waals surface area (Å²) in [6.07, 6.45) is 3.30. The van der Waals surface area contributed by atoms with Crippen molar-refractivity contribution in [1.82, 2.24) is 4.98 Å². The summed E-state index contributed by atoms with van der Waals surface area (Å²) in [6.45, 7) is 0. The Hall–Kier alpha value is -2.34. The van der Waals surface area contributed by atoms with Gasteiger partial charge >= 0.3 is 5.97 Å². The third kappa shape index (κ3) is 3.36. The normalized spacial score (nSPS) is 10.1. The Morgan fingerprint density at radius 1 is 1.15 bits per heavy atom. The molecule has 0 radical (unpaired) electrons. The van der Waals surface area contributed by atoms with Gasteiger partial charge in [-0.15, -0.1) is 11.8 Å². The highest BCUT2D eigenvalue weighted by atomic mass is 32.2. The van der Waals surface area contributed by atoms with Crippen molar-refractivity contribution in [3.63, 3.8) is 0 Å². The van der Waals surface area contributed by atoms with Crippen LogP contribution in [-0.4, -0.2) is 28.2 Å². The number of carbonyl (C=O) groups excluding carboxylic acids is 1. The quantitative estimate of drug-likeness (QED) is 0.846. The first kappa shape index (κ1) is 14.1. The van der Waals surface area contributed by atoms with Crippen molar-refractivity contribution in [2.75, 3.05) is 11.6 Å². The first-order chi connectivity index (χ1) is 9.60. The molecule has 102 valence electrons. The molecule has 0 saturated heterocycles. The average molecular weight is 288 g/mol. The molecule has 2 N–H and O–H groups in total. The van der Waals surface area contributed by atoms with Gasteiger partial charge in [0.2, 0.25) is 0 Å². The number of carboxylic acids is 1. The van der Waals surface area contributed by atoms with Crippen LogP contribution >= 0.6 is 11.8 Å². The monoisotopic (exact) mass is 288 g/mol. The molecule has 0 aliphatic carbocycles. The second-order valence-electron chi connectivity index (χ2n) is 3.92. The van der Waals surface area contributed by atoms with E-state index in [1.807, 2.05) is 18.4 Å². The lowest BCUT2D eigenvalue weighted by Crippen LogP contribution is -2.13. The molecule has 1 amide bonds. The number of thioether (sulfide) groups is 1. The molecule has 2 rings (SSSR count). The lowest BCUT2D eigenvalue weighted by atomic mass is 10.2. The van der Waals surface area contributed by atoms with Crippen LogP contribution in [-0.2, 0) is 0 Å². The minimum absolute atomic E-state index is 0.0769. The van der Waals surface area contributed by atoms with Gasteiger partial charge in [-0.2, -0.15) is 0 Å². The number of amides is 1. The van der Waals surface area contributed by atoms with E-state index in [-0.39, 0.29) is 17.3 Å². The van der Waals surface area contributed by atoms with Crippen LogP contribution in [0.15, 0.2) is 47.5 Å². The zero-order valence-corrected chi connectivity index (χ0v) is 11.5. The first-order valence-corrected chi connectivity index (χ1v) is 6.97. The molecule has 1 heterocycles. The zero-order chi connectivity index (χ0) is 14.5. The third-order valence-corrected chi connectivity index (χ3v) is 3.34. The van der Waals surface area contributed by atoms with E-state index < -0.39 is 5.97 Å². The second kappa shape index (κ2) is 6.21. The number of aromatic nitrogens is 1. The molecule has 0 bridgehead atoms. The van der Waals surface area contributed by atoms with Crippen LogP contribution in [0.4, 0.5) is 5.82 Å². The molecule has 0 spiro atoms. The molecule has 0 fully saturated rings. The van der Waals surface area contributed by atoms with E-state index in [1.165, 1.54) is 18.3 Å². The van der Waals surface area contributed by atoms with E-state index in [2.05, 4.69) is 10.3 Å². The van der Waals surface area contributed by atoms with Crippen LogP contribution in [0.3, 0.4) is 0 Å². The minimum atomic E-state index is -1.06. The lowest BCUT2D eigenvalue weighted by molar-refractivity contribution is 0.0696. The van der Waals surface area contributed by atoms with Gasteiger partial charge in [0, 0.05) is 16.7 Å². The van der Waals surface area contributed by atoms with Crippen molar-refractivity contribution in [3.05, 3.63) is 53.7 Å². The maximum atomic E-state index is 12.0. The Morgan fingerprint density at radius 2 is 1.85 bits per heavy atom. The summed E-state index contributed by atoms with van der Waals surface area (Å²) in [4.78, 5) is 27.8. The molecular formula is C14H12N2O3S. The van der Waals surface area contributed by atoms with Crippen LogP contribution in [0.25, 0.3) is 0 Å². The topological polar surface area (TPSA) is 79.3 Å². The number of pyridine rings is 1. The van der Waals surface area contributed by atoms with E-state index in [1.54, 1.807) is 23.9 Å². The summed E-state index contributed by atoms with van der Waals surface area (Å²) in [7, 11) is 0. The van der Waals surface area contributed by atoms with Crippen molar-refractivity contribution in [3.8, 4) is 0 Å². The maximum Gasteiger partial charge on any atom is 0.335 e. The molecule has 0 unspecified atom stereocenters. The van der Waals surface area contributed by atoms with Gasteiger partial charge < -0.3 is 10.4 Å². The highest BCUT2D eigenvalue weighted by Crippen LogP contribution is 2.16. The highest BCUT2D eigenvalue weighted by molar-refractivity contribution is 7.98. The Bertz CT molecular complexity index is 641. The van der Waals surface area contributed by atoms with Gasteiger partial charge in [0.15, 0.2) is 0 Å². The maximum absolute atomic E-state index is 12.0. The second-order valence-corrected chi connectivity index (χ2v) is 4.80. The van der Waals surface area contributed by atoms with Crippen LogP contribution in [0, 0.1) is 0 Å². The number of anilines is 1. The summed E-state index contributed by atoms with van der Waals surface area (Å²) in [6, 6.07) is 9.80. The summed E-state index contributed by atoms with van der Waals surface area (Å²) < 4.78 is 0. The van der Waals surface area contributed by atoms with Gasteiger partial charge in [0.05, 0.1) is 5.56 Å². The summed E-state index contributed by atoms with van der Waals surface area (Å²) >= 11 is 1.59. The highest BCUT2D eigenvalue weighted by Gasteiger charge is 2.09. The smallest absolute Gasteiger partial charge is 0.335 e. The number of hydrogen-bond donors (Lipinski definition) is 2. The van der Waals surface area contributed by atoms with E-state index in [4.69, 9.17) is 5.11 Å². The summed E-state index contributed by atoms with van der Waals surface area (Å²) in [5.74, 6) is -1.18. The van der Waals surface area contributed by atoms with Crippen LogP contribution in [0.5, 0.6) is 0 Å². The van der Waals surface area contributed by atoms with Crippen molar-refractivity contribution < 1.29 is 14.7 Å². The van der Waals surface area contributed by atoms with E-state index in [0.29, 0.717) is 5.56 Å². The Morgan fingerprint density at radius 3 is 2.45 bits per heavy atom. The van der Waals surface area contributed by atoms with E-state index in [0.717, 1.165) is 4.90 Å². The van der Waals surface area contributed by atoms with Crippen LogP contribution < -0.4 is 5.32 Å².